The summed E-state index contributed by atoms with van der Waals surface area (Å²) in [7, 11) is 0. The maximum absolute atomic E-state index is 12.5. The molecule has 0 aromatic heterocycles. The molecule has 2 aromatic rings. The second-order valence-corrected chi connectivity index (χ2v) is 9.15. The molecular weight excluding hydrogens is 360 g/mol. The van der Waals surface area contributed by atoms with Gasteiger partial charge in [-0.1, -0.05) is 24.3 Å². The van der Waals surface area contributed by atoms with E-state index in [1.54, 1.807) is 6.07 Å². The molecule has 4 rings (SSSR count). The van der Waals surface area contributed by atoms with Crippen molar-refractivity contribution in [1.82, 2.24) is 9.80 Å². The standard InChI is InChI=1S/C24H32N4O/c1-24(2)17-27(15-18-7-8-18)13-14-28(24)16-19-9-11-20(12-10-19)23(29)26-22-6-4-3-5-21(22)25/h3-6,9-12,18H,7-8,13-17,25H2,1-2H3,(H,26,29). The molecule has 0 atom stereocenters. The van der Waals surface area contributed by atoms with Gasteiger partial charge in [-0.25, -0.2) is 0 Å². The normalized spacial score (nSPS) is 19.8. The average Bonchev–Trinajstić information content (AvgIpc) is 3.50. The topological polar surface area (TPSA) is 61.6 Å². The first-order valence-electron chi connectivity index (χ1n) is 10.6. The number of nitrogen functional groups attached to an aromatic ring is 1. The van der Waals surface area contributed by atoms with Gasteiger partial charge < -0.3 is 11.1 Å². The molecule has 0 radical (unpaired) electrons. The summed E-state index contributed by atoms with van der Waals surface area (Å²) in [5.41, 5.74) is 9.18. The van der Waals surface area contributed by atoms with Gasteiger partial charge in [0, 0.05) is 43.8 Å². The summed E-state index contributed by atoms with van der Waals surface area (Å²) in [6.07, 6.45) is 2.83. The lowest BCUT2D eigenvalue weighted by molar-refractivity contribution is 0.0120. The molecule has 2 aromatic carbocycles. The Labute approximate surface area is 173 Å². The van der Waals surface area contributed by atoms with Crippen molar-refractivity contribution < 1.29 is 4.79 Å². The van der Waals surface area contributed by atoms with Crippen molar-refractivity contribution in [3.05, 3.63) is 59.7 Å². The van der Waals surface area contributed by atoms with Crippen LogP contribution in [0.3, 0.4) is 0 Å². The highest BCUT2D eigenvalue weighted by molar-refractivity contribution is 6.05. The third-order valence-corrected chi connectivity index (χ3v) is 6.16. The van der Waals surface area contributed by atoms with Gasteiger partial charge in [0.2, 0.25) is 0 Å². The smallest absolute Gasteiger partial charge is 0.255 e. The van der Waals surface area contributed by atoms with Gasteiger partial charge in [0.05, 0.1) is 11.4 Å². The Morgan fingerprint density at radius 3 is 2.48 bits per heavy atom. The molecule has 3 N–H and O–H groups in total. The number of nitrogens with one attached hydrogen (secondary N) is 1. The number of nitrogens with zero attached hydrogens (tertiary/aromatic N) is 2. The first kappa shape index (κ1) is 19.9. The Kier molecular flexibility index (Phi) is 5.61. The fraction of sp³-hybridized carbons (Fsp3) is 0.458. The summed E-state index contributed by atoms with van der Waals surface area (Å²) in [4.78, 5) is 17.7. The van der Waals surface area contributed by atoms with Crippen LogP contribution >= 0.6 is 0 Å². The maximum atomic E-state index is 12.5. The van der Waals surface area contributed by atoms with E-state index in [1.807, 2.05) is 30.3 Å². The van der Waals surface area contributed by atoms with E-state index in [9.17, 15) is 4.79 Å². The van der Waals surface area contributed by atoms with Crippen molar-refractivity contribution >= 4 is 17.3 Å². The minimum absolute atomic E-state index is 0.136. The Hall–Kier alpha value is -2.37. The molecule has 1 saturated heterocycles. The lowest BCUT2D eigenvalue weighted by Crippen LogP contribution is -2.58. The molecule has 1 aliphatic heterocycles. The fourth-order valence-corrected chi connectivity index (χ4v) is 4.19. The summed E-state index contributed by atoms with van der Waals surface area (Å²) in [5, 5.41) is 2.89. The van der Waals surface area contributed by atoms with Crippen molar-refractivity contribution in [2.45, 2.75) is 38.8 Å². The molecule has 1 heterocycles. The predicted molar refractivity (Wildman–Crippen MR) is 119 cm³/mol. The van der Waals surface area contributed by atoms with Gasteiger partial charge in [-0.2, -0.15) is 0 Å². The van der Waals surface area contributed by atoms with Gasteiger partial charge in [0.25, 0.3) is 5.91 Å². The number of piperazine rings is 1. The summed E-state index contributed by atoms with van der Waals surface area (Å²) in [5.74, 6) is 0.811. The molecular formula is C24H32N4O. The lowest BCUT2D eigenvalue weighted by atomic mass is 9.97. The van der Waals surface area contributed by atoms with Gasteiger partial charge in [-0.15, -0.1) is 0 Å². The zero-order valence-corrected chi connectivity index (χ0v) is 17.5. The second kappa shape index (κ2) is 8.17. The van der Waals surface area contributed by atoms with Gasteiger partial charge in [-0.3, -0.25) is 14.6 Å². The number of rotatable bonds is 6. The number of nitrogens with two attached hydrogens (primary N) is 1. The Bertz CT molecular complexity index is 857. The Morgan fingerprint density at radius 1 is 1.10 bits per heavy atom. The molecule has 0 bridgehead atoms. The second-order valence-electron chi connectivity index (χ2n) is 9.15. The fourth-order valence-electron chi connectivity index (χ4n) is 4.19. The minimum Gasteiger partial charge on any atom is -0.397 e. The number of hydrogen-bond donors (Lipinski definition) is 2. The molecule has 5 heteroatoms. The SMILES string of the molecule is CC1(C)CN(CC2CC2)CCN1Cc1ccc(C(=O)Nc2ccccc2N)cc1. The molecule has 29 heavy (non-hydrogen) atoms. The number of para-hydroxylation sites is 2. The summed E-state index contributed by atoms with van der Waals surface area (Å²) in [6.45, 7) is 10.2. The number of carbonyl (C=O) groups is 1. The molecule has 2 aliphatic rings. The van der Waals surface area contributed by atoms with E-state index in [1.165, 1.54) is 24.9 Å². The van der Waals surface area contributed by atoms with Crippen LogP contribution in [0.1, 0.15) is 42.6 Å². The van der Waals surface area contributed by atoms with E-state index < -0.39 is 0 Å². The number of anilines is 2. The number of amides is 1. The van der Waals surface area contributed by atoms with Crippen LogP contribution in [0.15, 0.2) is 48.5 Å². The third-order valence-electron chi connectivity index (χ3n) is 6.16. The Balaban J connectivity index is 1.35. The largest absolute Gasteiger partial charge is 0.397 e. The van der Waals surface area contributed by atoms with Crippen molar-refractivity contribution in [3.8, 4) is 0 Å². The van der Waals surface area contributed by atoms with Crippen molar-refractivity contribution in [2.24, 2.45) is 5.92 Å². The highest BCUT2D eigenvalue weighted by Gasteiger charge is 2.35. The van der Waals surface area contributed by atoms with Crippen LogP contribution in [-0.4, -0.2) is 47.4 Å². The Morgan fingerprint density at radius 2 is 1.83 bits per heavy atom. The predicted octanol–water partition coefficient (Wildman–Crippen LogP) is 3.83. The van der Waals surface area contributed by atoms with Crippen molar-refractivity contribution in [3.63, 3.8) is 0 Å². The monoisotopic (exact) mass is 392 g/mol. The molecule has 1 saturated carbocycles. The average molecular weight is 393 g/mol. The van der Waals surface area contributed by atoms with Crippen LogP contribution in [0, 0.1) is 5.92 Å². The molecule has 154 valence electrons. The highest BCUT2D eigenvalue weighted by atomic mass is 16.1. The van der Waals surface area contributed by atoms with E-state index in [0.29, 0.717) is 16.9 Å². The van der Waals surface area contributed by atoms with Crippen LogP contribution in [0.25, 0.3) is 0 Å². The van der Waals surface area contributed by atoms with E-state index in [-0.39, 0.29) is 11.4 Å². The maximum Gasteiger partial charge on any atom is 0.255 e. The van der Waals surface area contributed by atoms with Crippen molar-refractivity contribution in [1.29, 1.82) is 0 Å². The van der Waals surface area contributed by atoms with Crippen LogP contribution in [-0.2, 0) is 6.54 Å². The van der Waals surface area contributed by atoms with Crippen LogP contribution in [0.5, 0.6) is 0 Å². The van der Waals surface area contributed by atoms with Gasteiger partial charge in [-0.05, 0) is 62.4 Å². The number of benzene rings is 2. The van der Waals surface area contributed by atoms with Gasteiger partial charge in [0.15, 0.2) is 0 Å². The molecule has 1 aliphatic carbocycles. The van der Waals surface area contributed by atoms with E-state index in [4.69, 9.17) is 5.73 Å². The molecule has 0 spiro atoms. The van der Waals surface area contributed by atoms with E-state index in [0.717, 1.165) is 32.1 Å². The zero-order chi connectivity index (χ0) is 20.4. The van der Waals surface area contributed by atoms with Crippen molar-refractivity contribution in [2.75, 3.05) is 37.2 Å². The first-order chi connectivity index (χ1) is 13.9. The summed E-state index contributed by atoms with van der Waals surface area (Å²) < 4.78 is 0. The van der Waals surface area contributed by atoms with E-state index >= 15 is 0 Å². The number of carbonyl (C=O) groups excluding carboxylic acids is 1. The third kappa shape index (κ3) is 4.98. The summed E-state index contributed by atoms with van der Waals surface area (Å²) in [6, 6.07) is 15.2. The van der Waals surface area contributed by atoms with E-state index in [2.05, 4.69) is 41.1 Å². The zero-order valence-electron chi connectivity index (χ0n) is 17.5. The molecule has 5 nitrogen and oxygen atoms in total. The van der Waals surface area contributed by atoms with Gasteiger partial charge >= 0.3 is 0 Å². The van der Waals surface area contributed by atoms with Crippen LogP contribution in [0.4, 0.5) is 11.4 Å². The summed E-state index contributed by atoms with van der Waals surface area (Å²) >= 11 is 0. The highest BCUT2D eigenvalue weighted by Crippen LogP contribution is 2.32. The molecule has 2 fully saturated rings. The van der Waals surface area contributed by atoms with Gasteiger partial charge in [0.1, 0.15) is 0 Å². The number of hydrogen-bond acceptors (Lipinski definition) is 4. The van der Waals surface area contributed by atoms with Crippen LogP contribution < -0.4 is 11.1 Å². The minimum atomic E-state index is -0.136. The lowest BCUT2D eigenvalue weighted by Gasteiger charge is -2.47. The molecule has 1 amide bonds. The quantitative estimate of drug-likeness (QED) is 0.734. The molecule has 0 unspecified atom stereocenters. The first-order valence-corrected chi connectivity index (χ1v) is 10.6. The van der Waals surface area contributed by atoms with Crippen LogP contribution in [0.2, 0.25) is 0 Å².